The van der Waals surface area contributed by atoms with E-state index in [-0.39, 0.29) is 0 Å². The van der Waals surface area contributed by atoms with Crippen LogP contribution < -0.4 is 5.32 Å². The monoisotopic (exact) mass is 356 g/mol. The van der Waals surface area contributed by atoms with Gasteiger partial charge in [-0.3, -0.25) is 0 Å². The van der Waals surface area contributed by atoms with Gasteiger partial charge in [0.1, 0.15) is 22.5 Å². The van der Waals surface area contributed by atoms with Crippen LogP contribution >= 0.6 is 11.3 Å². The number of nitrogens with zero attached hydrogens (tertiary/aromatic N) is 3. The first-order valence-corrected chi connectivity index (χ1v) is 9.10. The fourth-order valence-electron chi connectivity index (χ4n) is 3.38. The van der Waals surface area contributed by atoms with Crippen molar-refractivity contribution in [3.8, 4) is 0 Å². The van der Waals surface area contributed by atoms with E-state index in [1.807, 2.05) is 43.3 Å². The van der Waals surface area contributed by atoms with Crippen LogP contribution in [0.3, 0.4) is 0 Å². The fourth-order valence-corrected chi connectivity index (χ4v) is 4.06. The largest absolute Gasteiger partial charge is 0.374 e. The van der Waals surface area contributed by atoms with Crippen molar-refractivity contribution < 1.29 is 10.2 Å². The van der Waals surface area contributed by atoms with E-state index in [1.54, 1.807) is 16.2 Å². The Hall–Kier alpha value is -1.90. The molecule has 0 aliphatic carbocycles. The molecule has 0 radical (unpaired) electrons. The van der Waals surface area contributed by atoms with E-state index in [0.717, 1.165) is 31.9 Å². The lowest BCUT2D eigenvalue weighted by atomic mass is 9.93. The van der Waals surface area contributed by atoms with Crippen LogP contribution in [0.25, 0.3) is 10.8 Å². The molecular weight excluding hydrogens is 336 g/mol. The van der Waals surface area contributed by atoms with E-state index in [1.165, 1.54) is 0 Å². The van der Waals surface area contributed by atoms with E-state index >= 15 is 0 Å². The summed E-state index contributed by atoms with van der Waals surface area (Å²) in [4.78, 5) is 1.70. The number of hydrogen-bond acceptors (Lipinski definition) is 7. The van der Waals surface area contributed by atoms with Gasteiger partial charge in [0.05, 0.1) is 0 Å². The summed E-state index contributed by atoms with van der Waals surface area (Å²) in [5.74, 6) is 0. The molecule has 25 heavy (non-hydrogen) atoms. The minimum atomic E-state index is -0.820. The maximum atomic E-state index is 10.7. The first kappa shape index (κ1) is 16.6. The van der Waals surface area contributed by atoms with Crippen molar-refractivity contribution in [2.24, 2.45) is 0 Å². The summed E-state index contributed by atoms with van der Waals surface area (Å²) in [6, 6.07) is 11.7. The van der Waals surface area contributed by atoms with Crippen molar-refractivity contribution >= 4 is 22.1 Å². The molecule has 2 heterocycles. The highest BCUT2D eigenvalue weighted by Crippen LogP contribution is 2.40. The van der Waals surface area contributed by atoms with Gasteiger partial charge in [-0.2, -0.15) is 0 Å². The van der Waals surface area contributed by atoms with Gasteiger partial charge in [-0.15, -0.1) is 21.5 Å². The lowest BCUT2D eigenvalue weighted by Gasteiger charge is -2.38. The minimum absolute atomic E-state index is 0.519. The Morgan fingerprint density at radius 3 is 2.36 bits per heavy atom. The SMILES string of the molecule is Cc1nnc(CNCCN2C(O)c3cccc4cccc(c34)C2O)s1. The van der Waals surface area contributed by atoms with Gasteiger partial charge >= 0.3 is 0 Å². The van der Waals surface area contributed by atoms with Crippen LogP contribution in [0.1, 0.15) is 33.6 Å². The van der Waals surface area contributed by atoms with E-state index in [4.69, 9.17) is 0 Å². The van der Waals surface area contributed by atoms with Gasteiger partial charge in [-0.05, 0) is 17.7 Å². The topological polar surface area (TPSA) is 81.5 Å². The second-order valence-electron chi connectivity index (χ2n) is 6.17. The molecule has 0 fully saturated rings. The summed E-state index contributed by atoms with van der Waals surface area (Å²) < 4.78 is 0. The summed E-state index contributed by atoms with van der Waals surface area (Å²) in [7, 11) is 0. The van der Waals surface area contributed by atoms with Crippen LogP contribution in [0.15, 0.2) is 36.4 Å². The molecule has 2 aromatic carbocycles. The molecule has 2 unspecified atom stereocenters. The highest BCUT2D eigenvalue weighted by atomic mass is 32.1. The Morgan fingerprint density at radius 2 is 1.76 bits per heavy atom. The number of benzene rings is 2. The number of aliphatic hydroxyl groups excluding tert-OH is 2. The number of aromatic nitrogens is 2. The molecule has 1 aromatic heterocycles. The van der Waals surface area contributed by atoms with Crippen molar-refractivity contribution in [2.45, 2.75) is 25.9 Å². The molecule has 1 aliphatic rings. The van der Waals surface area contributed by atoms with Gasteiger partial charge in [0.25, 0.3) is 0 Å². The molecule has 3 aromatic rings. The first-order chi connectivity index (χ1) is 12.1. The average molecular weight is 356 g/mol. The number of hydrogen-bond donors (Lipinski definition) is 3. The minimum Gasteiger partial charge on any atom is -0.374 e. The zero-order chi connectivity index (χ0) is 17.4. The summed E-state index contributed by atoms with van der Waals surface area (Å²) in [6.45, 7) is 3.72. The molecular formula is C18H20N4O2S. The normalized spacial score (nSPS) is 20.3. The second-order valence-corrected chi connectivity index (χ2v) is 7.44. The maximum Gasteiger partial charge on any atom is 0.136 e. The molecule has 0 saturated carbocycles. The van der Waals surface area contributed by atoms with Crippen molar-refractivity contribution in [1.82, 2.24) is 20.4 Å². The first-order valence-electron chi connectivity index (χ1n) is 8.28. The van der Waals surface area contributed by atoms with Crippen LogP contribution in [0.4, 0.5) is 0 Å². The van der Waals surface area contributed by atoms with E-state index in [0.29, 0.717) is 19.6 Å². The van der Waals surface area contributed by atoms with Gasteiger partial charge in [-0.1, -0.05) is 36.4 Å². The van der Waals surface area contributed by atoms with Crippen molar-refractivity contribution in [1.29, 1.82) is 0 Å². The van der Waals surface area contributed by atoms with Gasteiger partial charge in [0, 0.05) is 30.8 Å². The Labute approximate surface area is 149 Å². The molecule has 130 valence electrons. The molecule has 4 rings (SSSR count). The molecule has 0 bridgehead atoms. The molecule has 2 atom stereocenters. The predicted molar refractivity (Wildman–Crippen MR) is 96.9 cm³/mol. The van der Waals surface area contributed by atoms with E-state index < -0.39 is 12.5 Å². The molecule has 3 N–H and O–H groups in total. The van der Waals surface area contributed by atoms with Crippen LogP contribution in [0.5, 0.6) is 0 Å². The highest BCUT2D eigenvalue weighted by molar-refractivity contribution is 7.11. The molecule has 0 saturated heterocycles. The average Bonchev–Trinajstić information content (AvgIpc) is 3.04. The predicted octanol–water partition coefficient (Wildman–Crippen LogP) is 2.09. The Bertz CT molecular complexity index is 853. The third-order valence-electron chi connectivity index (χ3n) is 4.54. The zero-order valence-electron chi connectivity index (χ0n) is 13.9. The van der Waals surface area contributed by atoms with Gasteiger partial charge in [0.2, 0.25) is 0 Å². The Balaban J connectivity index is 1.48. The Morgan fingerprint density at radius 1 is 1.08 bits per heavy atom. The van der Waals surface area contributed by atoms with E-state index in [2.05, 4.69) is 15.5 Å². The van der Waals surface area contributed by atoms with Crippen molar-refractivity contribution in [3.63, 3.8) is 0 Å². The summed E-state index contributed by atoms with van der Waals surface area (Å²) in [5, 5.41) is 36.7. The van der Waals surface area contributed by atoms with Crippen molar-refractivity contribution in [2.75, 3.05) is 13.1 Å². The number of rotatable bonds is 5. The molecule has 6 nitrogen and oxygen atoms in total. The number of aryl methyl sites for hydroxylation is 1. The van der Waals surface area contributed by atoms with Crippen LogP contribution in [-0.2, 0) is 6.54 Å². The van der Waals surface area contributed by atoms with Crippen LogP contribution in [0, 0.1) is 6.92 Å². The van der Waals surface area contributed by atoms with E-state index in [9.17, 15) is 10.2 Å². The van der Waals surface area contributed by atoms with Gasteiger partial charge < -0.3 is 15.5 Å². The molecule has 1 aliphatic heterocycles. The van der Waals surface area contributed by atoms with Gasteiger partial charge in [-0.25, -0.2) is 4.90 Å². The maximum absolute atomic E-state index is 10.7. The molecule has 0 amide bonds. The third-order valence-corrected chi connectivity index (χ3v) is 5.38. The third kappa shape index (κ3) is 3.05. The van der Waals surface area contributed by atoms with Crippen LogP contribution in [-0.4, -0.2) is 38.4 Å². The number of nitrogens with one attached hydrogen (secondary N) is 1. The Kier molecular flexibility index (Phi) is 4.49. The fraction of sp³-hybridized carbons (Fsp3) is 0.333. The lowest BCUT2D eigenvalue weighted by molar-refractivity contribution is -0.109. The summed E-state index contributed by atoms with van der Waals surface area (Å²) in [6.07, 6.45) is -1.64. The smallest absolute Gasteiger partial charge is 0.136 e. The standard InChI is InChI=1S/C18H20N4O2S/c1-11-20-21-15(25-11)10-19-8-9-22-17(23)13-6-2-4-12-5-3-7-14(16(12)13)18(22)24/h2-7,17-19,23-24H,8-10H2,1H3. The van der Waals surface area contributed by atoms with Crippen LogP contribution in [0.2, 0.25) is 0 Å². The second kappa shape index (κ2) is 6.78. The molecule has 0 spiro atoms. The zero-order valence-corrected chi connectivity index (χ0v) is 14.7. The summed E-state index contributed by atoms with van der Waals surface area (Å²) in [5.41, 5.74) is 1.69. The van der Waals surface area contributed by atoms with Crippen molar-refractivity contribution in [3.05, 3.63) is 57.5 Å². The number of aliphatic hydroxyl groups is 2. The quantitative estimate of drug-likeness (QED) is 0.608. The highest BCUT2D eigenvalue weighted by Gasteiger charge is 2.32. The molecule has 7 heteroatoms. The lowest BCUT2D eigenvalue weighted by Crippen LogP contribution is -2.40. The summed E-state index contributed by atoms with van der Waals surface area (Å²) >= 11 is 1.56. The van der Waals surface area contributed by atoms with Gasteiger partial charge in [0.15, 0.2) is 0 Å².